The van der Waals surface area contributed by atoms with Crippen LogP contribution in [0.5, 0.6) is 0 Å². The van der Waals surface area contributed by atoms with E-state index in [1.165, 1.54) is 17.7 Å². The Kier molecular flexibility index (Phi) is 4.29. The van der Waals surface area contributed by atoms with E-state index in [1.807, 2.05) is 30.3 Å². The van der Waals surface area contributed by atoms with E-state index >= 15 is 0 Å². The second-order valence-electron chi connectivity index (χ2n) is 5.24. The van der Waals surface area contributed by atoms with E-state index in [0.29, 0.717) is 19.7 Å². The third-order valence-corrected chi connectivity index (χ3v) is 3.63. The summed E-state index contributed by atoms with van der Waals surface area (Å²) in [6.45, 7) is 1.56. The Morgan fingerprint density at radius 1 is 1.27 bits per heavy atom. The third-order valence-electron chi connectivity index (χ3n) is 3.63. The summed E-state index contributed by atoms with van der Waals surface area (Å²) in [5.74, 6) is -0.183. The molecule has 1 fully saturated rings. The molecule has 1 N–H and O–H groups in total. The highest BCUT2D eigenvalue weighted by Crippen LogP contribution is 2.13. The Morgan fingerprint density at radius 2 is 2.09 bits per heavy atom. The number of hydrogen-bond donors (Lipinski definition) is 1. The molecule has 114 valence electrons. The molecule has 22 heavy (non-hydrogen) atoms. The highest BCUT2D eigenvalue weighted by atomic mass is 16.5. The average molecular weight is 299 g/mol. The molecule has 1 aromatic heterocycles. The Morgan fingerprint density at radius 3 is 2.82 bits per heavy atom. The normalized spacial score (nSPS) is 18.2. The zero-order valence-corrected chi connectivity index (χ0v) is 12.1. The zero-order chi connectivity index (χ0) is 15.4. The van der Waals surface area contributed by atoms with Gasteiger partial charge in [0.15, 0.2) is 0 Å². The molecule has 1 aliphatic heterocycles. The lowest BCUT2D eigenvalue weighted by Gasteiger charge is -2.32. The van der Waals surface area contributed by atoms with Crippen molar-refractivity contribution in [3.8, 4) is 0 Å². The number of carbonyl (C=O) groups is 1. The first-order valence-corrected chi connectivity index (χ1v) is 7.23. The SMILES string of the molecule is O=C(c1ccc(=O)[nH]n1)N1CCOC(Cc2ccccc2)C1. The van der Waals surface area contributed by atoms with Gasteiger partial charge in [-0.05, 0) is 11.6 Å². The standard InChI is InChI=1S/C16H17N3O3/c20-15-7-6-14(17-18-15)16(21)19-8-9-22-13(11-19)10-12-4-2-1-3-5-12/h1-7,13H,8-11H2,(H,18,20). The van der Waals surface area contributed by atoms with E-state index in [9.17, 15) is 9.59 Å². The van der Waals surface area contributed by atoms with Crippen LogP contribution in [0.1, 0.15) is 16.1 Å². The molecule has 6 nitrogen and oxygen atoms in total. The molecule has 6 heteroatoms. The Bertz CT molecular complexity index is 679. The molecule has 0 radical (unpaired) electrons. The average Bonchev–Trinajstić information content (AvgIpc) is 2.56. The number of nitrogens with one attached hydrogen (secondary N) is 1. The van der Waals surface area contributed by atoms with Crippen LogP contribution < -0.4 is 5.56 Å². The van der Waals surface area contributed by atoms with Crippen LogP contribution in [0.15, 0.2) is 47.3 Å². The number of ether oxygens (including phenoxy) is 1. The van der Waals surface area contributed by atoms with Crippen LogP contribution in [0.3, 0.4) is 0 Å². The van der Waals surface area contributed by atoms with Crippen LogP contribution in [-0.4, -0.2) is 46.8 Å². The number of aromatic amines is 1. The van der Waals surface area contributed by atoms with Gasteiger partial charge in [-0.3, -0.25) is 9.59 Å². The Labute approximate surface area is 127 Å². The molecule has 2 aromatic rings. The maximum Gasteiger partial charge on any atom is 0.274 e. The van der Waals surface area contributed by atoms with Crippen LogP contribution in [0, 0.1) is 0 Å². The van der Waals surface area contributed by atoms with Gasteiger partial charge in [0, 0.05) is 25.6 Å². The van der Waals surface area contributed by atoms with Crippen molar-refractivity contribution in [1.82, 2.24) is 15.1 Å². The van der Waals surface area contributed by atoms with Gasteiger partial charge in [0.1, 0.15) is 5.69 Å². The van der Waals surface area contributed by atoms with E-state index in [-0.39, 0.29) is 23.3 Å². The van der Waals surface area contributed by atoms with E-state index in [2.05, 4.69) is 10.2 Å². The van der Waals surface area contributed by atoms with Crippen LogP contribution in [0.25, 0.3) is 0 Å². The topological polar surface area (TPSA) is 75.3 Å². The maximum atomic E-state index is 12.4. The van der Waals surface area contributed by atoms with Crippen LogP contribution >= 0.6 is 0 Å². The fraction of sp³-hybridized carbons (Fsp3) is 0.312. The molecule has 1 aromatic carbocycles. The van der Waals surface area contributed by atoms with Gasteiger partial charge in [0.25, 0.3) is 11.5 Å². The lowest BCUT2D eigenvalue weighted by Crippen LogP contribution is -2.46. The smallest absolute Gasteiger partial charge is 0.274 e. The number of benzene rings is 1. The van der Waals surface area contributed by atoms with E-state index in [1.54, 1.807) is 4.90 Å². The number of H-pyrrole nitrogens is 1. The number of amides is 1. The maximum absolute atomic E-state index is 12.4. The second kappa shape index (κ2) is 6.53. The molecule has 2 heterocycles. The first-order valence-electron chi connectivity index (χ1n) is 7.23. The van der Waals surface area contributed by atoms with Gasteiger partial charge in [-0.15, -0.1) is 0 Å². The molecule has 0 aliphatic carbocycles. The van der Waals surface area contributed by atoms with Crippen molar-refractivity contribution in [1.29, 1.82) is 0 Å². The monoisotopic (exact) mass is 299 g/mol. The largest absolute Gasteiger partial charge is 0.374 e. The van der Waals surface area contributed by atoms with Crippen LogP contribution in [-0.2, 0) is 11.2 Å². The van der Waals surface area contributed by atoms with Crippen molar-refractivity contribution in [3.63, 3.8) is 0 Å². The number of hydrogen-bond acceptors (Lipinski definition) is 4. The van der Waals surface area contributed by atoms with Gasteiger partial charge in [-0.1, -0.05) is 30.3 Å². The molecule has 1 unspecified atom stereocenters. The zero-order valence-electron chi connectivity index (χ0n) is 12.1. The second-order valence-corrected chi connectivity index (χ2v) is 5.24. The molecule has 1 saturated heterocycles. The lowest BCUT2D eigenvalue weighted by molar-refractivity contribution is -0.0210. The molecule has 0 saturated carbocycles. The quantitative estimate of drug-likeness (QED) is 0.912. The van der Waals surface area contributed by atoms with Crippen molar-refractivity contribution in [3.05, 3.63) is 64.1 Å². The first kappa shape index (κ1) is 14.5. The summed E-state index contributed by atoms with van der Waals surface area (Å²) in [6.07, 6.45) is 0.742. The number of carbonyl (C=O) groups excluding carboxylic acids is 1. The van der Waals surface area contributed by atoms with E-state index < -0.39 is 0 Å². The summed E-state index contributed by atoms with van der Waals surface area (Å²) < 4.78 is 5.75. The van der Waals surface area contributed by atoms with Gasteiger partial charge in [-0.25, -0.2) is 5.10 Å². The number of rotatable bonds is 3. The third kappa shape index (κ3) is 3.40. The molecule has 0 bridgehead atoms. The Balaban J connectivity index is 1.66. The minimum Gasteiger partial charge on any atom is -0.374 e. The summed E-state index contributed by atoms with van der Waals surface area (Å²) in [7, 11) is 0. The molecule has 1 aliphatic rings. The van der Waals surface area contributed by atoms with Crippen molar-refractivity contribution in [2.75, 3.05) is 19.7 Å². The highest BCUT2D eigenvalue weighted by Gasteiger charge is 2.25. The van der Waals surface area contributed by atoms with Crippen molar-refractivity contribution in [2.45, 2.75) is 12.5 Å². The summed E-state index contributed by atoms with van der Waals surface area (Å²) in [5, 5.41) is 6.08. The Hall–Kier alpha value is -2.47. The highest BCUT2D eigenvalue weighted by molar-refractivity contribution is 5.92. The molecular formula is C16H17N3O3. The van der Waals surface area contributed by atoms with E-state index in [0.717, 1.165) is 6.42 Å². The van der Waals surface area contributed by atoms with Gasteiger partial charge in [0.05, 0.1) is 12.7 Å². The van der Waals surface area contributed by atoms with E-state index in [4.69, 9.17) is 4.74 Å². The molecule has 0 spiro atoms. The number of aromatic nitrogens is 2. The predicted molar refractivity (Wildman–Crippen MR) is 80.6 cm³/mol. The summed E-state index contributed by atoms with van der Waals surface area (Å²) in [4.78, 5) is 25.1. The minimum absolute atomic E-state index is 0.0251. The summed E-state index contributed by atoms with van der Waals surface area (Å²) in [6, 6.07) is 12.8. The van der Waals surface area contributed by atoms with Gasteiger partial charge >= 0.3 is 0 Å². The van der Waals surface area contributed by atoms with Crippen molar-refractivity contribution < 1.29 is 9.53 Å². The van der Waals surface area contributed by atoms with Crippen molar-refractivity contribution in [2.24, 2.45) is 0 Å². The van der Waals surface area contributed by atoms with Crippen LogP contribution in [0.4, 0.5) is 0 Å². The van der Waals surface area contributed by atoms with Crippen LogP contribution in [0.2, 0.25) is 0 Å². The molecule has 1 amide bonds. The lowest BCUT2D eigenvalue weighted by atomic mass is 10.1. The summed E-state index contributed by atoms with van der Waals surface area (Å²) >= 11 is 0. The molecule has 3 rings (SSSR count). The van der Waals surface area contributed by atoms with Gasteiger partial charge < -0.3 is 9.64 Å². The predicted octanol–water partition coefficient (Wildman–Crippen LogP) is 0.854. The fourth-order valence-corrected chi connectivity index (χ4v) is 2.53. The molecular weight excluding hydrogens is 282 g/mol. The molecule has 1 atom stereocenters. The number of nitrogens with zero attached hydrogens (tertiary/aromatic N) is 2. The number of morpholine rings is 1. The van der Waals surface area contributed by atoms with Gasteiger partial charge in [-0.2, -0.15) is 5.10 Å². The van der Waals surface area contributed by atoms with Gasteiger partial charge in [0.2, 0.25) is 0 Å². The first-order chi connectivity index (χ1) is 10.7. The minimum atomic E-state index is -0.319. The van der Waals surface area contributed by atoms with Crippen molar-refractivity contribution >= 4 is 5.91 Å². The fourth-order valence-electron chi connectivity index (χ4n) is 2.53. The summed E-state index contributed by atoms with van der Waals surface area (Å²) in [5.41, 5.74) is 1.12.